The van der Waals surface area contributed by atoms with Gasteiger partial charge in [0.05, 0.1) is 10.7 Å². The van der Waals surface area contributed by atoms with Gasteiger partial charge < -0.3 is 15.0 Å². The molecule has 2 aromatic rings. The molecule has 0 aliphatic carbocycles. The van der Waals surface area contributed by atoms with Gasteiger partial charge >= 0.3 is 0 Å². The third-order valence-corrected chi connectivity index (χ3v) is 5.19. The summed E-state index contributed by atoms with van der Waals surface area (Å²) < 4.78 is 0.740. The van der Waals surface area contributed by atoms with E-state index in [0.717, 1.165) is 4.73 Å². The molecule has 3 rings (SSSR count). The average Bonchev–Trinajstić information content (AvgIpc) is 2.67. The van der Waals surface area contributed by atoms with Gasteiger partial charge in [0.1, 0.15) is 5.69 Å². The molecule has 1 amide bonds. The third kappa shape index (κ3) is 4.05. The quantitative estimate of drug-likeness (QED) is 0.260. The van der Waals surface area contributed by atoms with Crippen molar-refractivity contribution in [1.82, 2.24) is 4.90 Å². The number of rotatable bonds is 5. The zero-order chi connectivity index (χ0) is 18.5. The standard InChI is InChI=1S/C17H18N4O4S/c22-16(13-26-17-7-3-4-8-20(17)23)19-11-9-18(10-12-19)14-5-1-2-6-15(14)21(24)25/h1-8H,9-13H2. The van der Waals surface area contributed by atoms with Crippen LogP contribution < -0.4 is 9.63 Å². The number of carbonyl (C=O) groups excluding carboxylic acids is 1. The number of benzene rings is 1. The maximum absolute atomic E-state index is 12.4. The van der Waals surface area contributed by atoms with E-state index in [2.05, 4.69) is 0 Å². The molecule has 1 aromatic carbocycles. The summed E-state index contributed by atoms with van der Waals surface area (Å²) in [6.45, 7) is 2.07. The van der Waals surface area contributed by atoms with Crippen LogP contribution in [-0.4, -0.2) is 47.7 Å². The van der Waals surface area contributed by atoms with Crippen LogP contribution >= 0.6 is 11.8 Å². The van der Waals surface area contributed by atoms with Crippen LogP contribution in [0, 0.1) is 15.3 Å². The first kappa shape index (κ1) is 18.0. The first-order chi connectivity index (χ1) is 12.6. The van der Waals surface area contributed by atoms with Crippen molar-refractivity contribution in [1.29, 1.82) is 0 Å². The molecule has 136 valence electrons. The van der Waals surface area contributed by atoms with Crippen molar-refractivity contribution in [3.05, 3.63) is 64.0 Å². The van der Waals surface area contributed by atoms with E-state index in [-0.39, 0.29) is 22.3 Å². The summed E-state index contributed by atoms with van der Waals surface area (Å²) in [6.07, 6.45) is 1.40. The molecule has 0 radical (unpaired) electrons. The number of nitro groups is 1. The topological polar surface area (TPSA) is 93.6 Å². The van der Waals surface area contributed by atoms with E-state index in [1.807, 2.05) is 4.90 Å². The summed E-state index contributed by atoms with van der Waals surface area (Å²) in [6, 6.07) is 11.7. The molecule has 0 N–H and O–H groups in total. The number of nitro benzene ring substituents is 1. The number of nitrogens with zero attached hydrogens (tertiary/aromatic N) is 4. The molecule has 9 heteroatoms. The highest BCUT2D eigenvalue weighted by Crippen LogP contribution is 2.28. The van der Waals surface area contributed by atoms with Crippen LogP contribution in [0.25, 0.3) is 0 Å². The van der Waals surface area contributed by atoms with Crippen molar-refractivity contribution in [2.24, 2.45) is 0 Å². The SMILES string of the molecule is O=C(CSc1cccc[n+]1[O-])N1CCN(c2ccccc2[N+](=O)[O-])CC1. The van der Waals surface area contributed by atoms with Crippen LogP contribution in [0.1, 0.15) is 0 Å². The van der Waals surface area contributed by atoms with Crippen molar-refractivity contribution < 1.29 is 14.4 Å². The van der Waals surface area contributed by atoms with Crippen molar-refractivity contribution in [2.75, 3.05) is 36.8 Å². The van der Waals surface area contributed by atoms with E-state index >= 15 is 0 Å². The number of carbonyl (C=O) groups is 1. The Bertz CT molecular complexity index is 809. The normalized spacial score (nSPS) is 14.3. The van der Waals surface area contributed by atoms with Crippen LogP contribution in [-0.2, 0) is 4.79 Å². The number of amides is 1. The Morgan fingerprint density at radius 2 is 1.81 bits per heavy atom. The highest BCUT2D eigenvalue weighted by molar-refractivity contribution is 7.99. The summed E-state index contributed by atoms with van der Waals surface area (Å²) in [7, 11) is 0. The monoisotopic (exact) mass is 374 g/mol. The van der Waals surface area contributed by atoms with E-state index in [1.165, 1.54) is 24.0 Å². The Morgan fingerprint density at radius 1 is 1.12 bits per heavy atom. The smallest absolute Gasteiger partial charge is 0.292 e. The molecular weight excluding hydrogens is 356 g/mol. The first-order valence-electron chi connectivity index (χ1n) is 8.13. The summed E-state index contributed by atoms with van der Waals surface area (Å²) in [4.78, 5) is 26.8. The van der Waals surface area contributed by atoms with Gasteiger partial charge in [-0.05, 0) is 23.9 Å². The van der Waals surface area contributed by atoms with Crippen LogP contribution in [0.15, 0.2) is 53.7 Å². The molecule has 26 heavy (non-hydrogen) atoms. The lowest BCUT2D eigenvalue weighted by Crippen LogP contribution is -2.49. The fourth-order valence-corrected chi connectivity index (χ4v) is 3.65. The summed E-state index contributed by atoms with van der Waals surface area (Å²) >= 11 is 1.21. The van der Waals surface area contributed by atoms with E-state index in [1.54, 1.807) is 41.3 Å². The number of piperazine rings is 1. The number of para-hydroxylation sites is 2. The second-order valence-corrected chi connectivity index (χ2v) is 6.76. The van der Waals surface area contributed by atoms with Gasteiger partial charge in [-0.15, -0.1) is 0 Å². The Hall–Kier alpha value is -2.81. The van der Waals surface area contributed by atoms with Crippen LogP contribution in [0.3, 0.4) is 0 Å². The molecule has 1 aliphatic rings. The third-order valence-electron chi connectivity index (χ3n) is 4.18. The van der Waals surface area contributed by atoms with Gasteiger partial charge in [0.15, 0.2) is 6.20 Å². The number of pyridine rings is 1. The molecule has 8 nitrogen and oxygen atoms in total. The Kier molecular flexibility index (Phi) is 5.57. The van der Waals surface area contributed by atoms with Crippen molar-refractivity contribution in [3.63, 3.8) is 0 Å². The van der Waals surface area contributed by atoms with Gasteiger partial charge in [-0.25, -0.2) is 0 Å². The lowest BCUT2D eigenvalue weighted by molar-refractivity contribution is -0.645. The molecule has 1 aliphatic heterocycles. The highest BCUT2D eigenvalue weighted by Gasteiger charge is 2.25. The molecule has 0 spiro atoms. The minimum absolute atomic E-state index is 0.0407. The largest absolute Gasteiger partial charge is 0.618 e. The minimum Gasteiger partial charge on any atom is -0.618 e. The lowest BCUT2D eigenvalue weighted by atomic mass is 10.2. The Balaban J connectivity index is 1.56. The highest BCUT2D eigenvalue weighted by atomic mass is 32.2. The zero-order valence-corrected chi connectivity index (χ0v) is 14.8. The van der Waals surface area contributed by atoms with Gasteiger partial charge in [-0.2, -0.15) is 4.73 Å². The van der Waals surface area contributed by atoms with Crippen LogP contribution in [0.4, 0.5) is 11.4 Å². The van der Waals surface area contributed by atoms with E-state index in [4.69, 9.17) is 0 Å². The number of hydrogen-bond donors (Lipinski definition) is 0. The molecule has 1 aromatic heterocycles. The second kappa shape index (κ2) is 8.05. The Morgan fingerprint density at radius 3 is 2.50 bits per heavy atom. The summed E-state index contributed by atoms with van der Waals surface area (Å²) in [5.41, 5.74) is 0.655. The lowest BCUT2D eigenvalue weighted by Gasteiger charge is -2.35. The molecule has 0 saturated carbocycles. The number of aromatic nitrogens is 1. The van der Waals surface area contributed by atoms with Gasteiger partial charge in [-0.1, -0.05) is 12.1 Å². The zero-order valence-electron chi connectivity index (χ0n) is 14.0. The fraction of sp³-hybridized carbons (Fsp3) is 0.294. The maximum Gasteiger partial charge on any atom is 0.292 e. The molecule has 0 bridgehead atoms. The number of anilines is 1. The maximum atomic E-state index is 12.4. The van der Waals surface area contributed by atoms with Gasteiger partial charge in [0, 0.05) is 44.4 Å². The fourth-order valence-electron chi connectivity index (χ4n) is 2.83. The molecule has 0 unspecified atom stereocenters. The minimum atomic E-state index is -0.387. The number of hydrogen-bond acceptors (Lipinski definition) is 6. The van der Waals surface area contributed by atoms with Crippen molar-refractivity contribution >= 4 is 29.0 Å². The predicted octanol–water partition coefficient (Wildman–Crippen LogP) is 1.67. The summed E-state index contributed by atoms with van der Waals surface area (Å²) in [5.74, 6) is 0.152. The number of thioether (sulfide) groups is 1. The second-order valence-electron chi connectivity index (χ2n) is 5.77. The average molecular weight is 374 g/mol. The molecule has 2 heterocycles. The van der Waals surface area contributed by atoms with E-state index < -0.39 is 0 Å². The van der Waals surface area contributed by atoms with Crippen molar-refractivity contribution in [3.8, 4) is 0 Å². The van der Waals surface area contributed by atoms with Crippen molar-refractivity contribution in [2.45, 2.75) is 5.03 Å². The van der Waals surface area contributed by atoms with Gasteiger partial charge in [0.2, 0.25) is 5.91 Å². The van der Waals surface area contributed by atoms with E-state index in [9.17, 15) is 20.1 Å². The van der Waals surface area contributed by atoms with Crippen LogP contribution in [0.2, 0.25) is 0 Å². The first-order valence-corrected chi connectivity index (χ1v) is 9.12. The van der Waals surface area contributed by atoms with E-state index in [0.29, 0.717) is 36.9 Å². The summed E-state index contributed by atoms with van der Waals surface area (Å²) in [5, 5.41) is 23.3. The molecular formula is C17H18N4O4S. The van der Waals surface area contributed by atoms with Gasteiger partial charge in [-0.3, -0.25) is 14.9 Å². The van der Waals surface area contributed by atoms with Crippen LogP contribution in [0.5, 0.6) is 0 Å². The predicted molar refractivity (Wildman–Crippen MR) is 98.0 cm³/mol. The molecule has 1 fully saturated rings. The Labute approximate surface area is 154 Å². The molecule has 0 atom stereocenters. The van der Waals surface area contributed by atoms with Gasteiger partial charge in [0.25, 0.3) is 10.7 Å². The molecule has 1 saturated heterocycles.